The summed E-state index contributed by atoms with van der Waals surface area (Å²) in [5.74, 6) is 0.955. The fourth-order valence-electron chi connectivity index (χ4n) is 1.05. The first-order valence-corrected chi connectivity index (χ1v) is 5.77. The molecule has 86 valence electrons. The molecular weight excluding hydrogens is 202 g/mol. The minimum atomic E-state index is -0.0995. The van der Waals surface area contributed by atoms with Crippen LogP contribution in [0.15, 0.2) is 0 Å². The van der Waals surface area contributed by atoms with Crippen molar-refractivity contribution >= 4 is 11.8 Å². The van der Waals surface area contributed by atoms with E-state index >= 15 is 0 Å². The summed E-state index contributed by atoms with van der Waals surface area (Å²) < 4.78 is 9.87. The molecule has 4 nitrogen and oxygen atoms in total. The van der Waals surface area contributed by atoms with Gasteiger partial charge in [0, 0.05) is 32.1 Å². The number of methoxy groups -OCH3 is 2. The summed E-state index contributed by atoms with van der Waals surface area (Å²) in [6.45, 7) is 1.34. The van der Waals surface area contributed by atoms with Crippen LogP contribution in [0.4, 0.5) is 0 Å². The molecule has 0 bridgehead atoms. The van der Waals surface area contributed by atoms with E-state index in [-0.39, 0.29) is 17.9 Å². The van der Waals surface area contributed by atoms with Crippen molar-refractivity contribution in [3.8, 4) is 0 Å². The summed E-state index contributed by atoms with van der Waals surface area (Å²) in [5.41, 5.74) is 5.82. The lowest BCUT2D eigenvalue weighted by Gasteiger charge is -2.20. The number of nitrogens with two attached hydrogens (primary N) is 1. The summed E-state index contributed by atoms with van der Waals surface area (Å²) in [7, 11) is 3.30. The van der Waals surface area contributed by atoms with E-state index in [9.17, 15) is 0 Å². The Kier molecular flexibility index (Phi) is 9.87. The summed E-state index contributed by atoms with van der Waals surface area (Å²) in [5, 5.41) is 9.15. The molecular formula is C9H21NO3S. The van der Waals surface area contributed by atoms with Crippen LogP contribution in [-0.4, -0.2) is 56.2 Å². The van der Waals surface area contributed by atoms with Crippen LogP contribution < -0.4 is 5.73 Å². The molecule has 0 aliphatic heterocycles. The summed E-state index contributed by atoms with van der Waals surface area (Å²) in [6.07, 6.45) is 0.984. The predicted octanol–water partition coefficient (Wildman–Crippen LogP) is 0.0907. The number of aliphatic hydroxyl groups is 1. The zero-order valence-corrected chi connectivity index (χ0v) is 9.76. The maximum atomic E-state index is 9.09. The van der Waals surface area contributed by atoms with E-state index in [1.54, 1.807) is 26.0 Å². The highest BCUT2D eigenvalue weighted by Crippen LogP contribution is 2.14. The van der Waals surface area contributed by atoms with Crippen molar-refractivity contribution in [2.24, 2.45) is 5.73 Å². The lowest BCUT2D eigenvalue weighted by atomic mass is 10.2. The molecule has 2 unspecified atom stereocenters. The number of thioether (sulfide) groups is 1. The van der Waals surface area contributed by atoms with Gasteiger partial charge >= 0.3 is 0 Å². The molecule has 0 aliphatic carbocycles. The minimum Gasteiger partial charge on any atom is -0.395 e. The smallest absolute Gasteiger partial charge is 0.0625 e. The van der Waals surface area contributed by atoms with Crippen LogP contribution in [0.3, 0.4) is 0 Å². The highest BCUT2D eigenvalue weighted by molar-refractivity contribution is 7.99. The Morgan fingerprint density at radius 3 is 2.57 bits per heavy atom. The number of hydrogen-bond acceptors (Lipinski definition) is 5. The van der Waals surface area contributed by atoms with Crippen molar-refractivity contribution in [3.63, 3.8) is 0 Å². The molecule has 0 radical (unpaired) electrons. The lowest BCUT2D eigenvalue weighted by molar-refractivity contribution is 0.167. The van der Waals surface area contributed by atoms with Crippen molar-refractivity contribution < 1.29 is 14.6 Å². The van der Waals surface area contributed by atoms with Gasteiger partial charge in [-0.15, -0.1) is 0 Å². The monoisotopic (exact) mass is 223 g/mol. The molecule has 5 heteroatoms. The number of hydrogen-bond donors (Lipinski definition) is 2. The second kappa shape index (κ2) is 9.73. The van der Waals surface area contributed by atoms with Gasteiger partial charge < -0.3 is 20.3 Å². The molecule has 14 heavy (non-hydrogen) atoms. The summed E-state index contributed by atoms with van der Waals surface area (Å²) >= 11 is 1.67. The molecule has 3 N–H and O–H groups in total. The second-order valence-corrected chi connectivity index (χ2v) is 4.40. The lowest BCUT2D eigenvalue weighted by Crippen LogP contribution is -2.39. The SMILES string of the molecule is COCCCSC(CO)C(N)COC. The van der Waals surface area contributed by atoms with Crippen LogP contribution in [-0.2, 0) is 9.47 Å². The van der Waals surface area contributed by atoms with Gasteiger partial charge in [0.15, 0.2) is 0 Å². The van der Waals surface area contributed by atoms with Gasteiger partial charge in [0.05, 0.1) is 13.2 Å². The fourth-order valence-corrected chi connectivity index (χ4v) is 2.07. The molecule has 0 aromatic carbocycles. The highest BCUT2D eigenvalue weighted by Gasteiger charge is 2.16. The largest absolute Gasteiger partial charge is 0.395 e. The molecule has 0 rings (SSSR count). The Hall–Kier alpha value is 0.190. The van der Waals surface area contributed by atoms with Gasteiger partial charge in [0.2, 0.25) is 0 Å². The van der Waals surface area contributed by atoms with E-state index in [0.29, 0.717) is 6.61 Å². The van der Waals surface area contributed by atoms with Crippen molar-refractivity contribution in [3.05, 3.63) is 0 Å². The number of aliphatic hydroxyl groups excluding tert-OH is 1. The van der Waals surface area contributed by atoms with Crippen LogP contribution in [0, 0.1) is 0 Å². The Morgan fingerprint density at radius 1 is 1.36 bits per heavy atom. The first kappa shape index (κ1) is 14.2. The molecule has 0 spiro atoms. The van der Waals surface area contributed by atoms with Gasteiger partial charge in [0.25, 0.3) is 0 Å². The van der Waals surface area contributed by atoms with E-state index in [1.165, 1.54) is 0 Å². The van der Waals surface area contributed by atoms with Crippen molar-refractivity contribution in [1.82, 2.24) is 0 Å². The fraction of sp³-hybridized carbons (Fsp3) is 1.00. The third-order valence-corrected chi connectivity index (χ3v) is 3.29. The van der Waals surface area contributed by atoms with Gasteiger partial charge in [-0.05, 0) is 12.2 Å². The molecule has 0 saturated heterocycles. The average Bonchev–Trinajstić information content (AvgIpc) is 2.18. The van der Waals surface area contributed by atoms with E-state index < -0.39 is 0 Å². The topological polar surface area (TPSA) is 64.7 Å². The molecule has 0 aliphatic rings. The van der Waals surface area contributed by atoms with Gasteiger partial charge in [0.1, 0.15) is 0 Å². The molecule has 0 fully saturated rings. The third-order valence-electron chi connectivity index (χ3n) is 1.84. The van der Waals surface area contributed by atoms with Crippen LogP contribution >= 0.6 is 11.8 Å². The van der Waals surface area contributed by atoms with Crippen molar-refractivity contribution in [2.75, 3.05) is 39.8 Å². The molecule has 0 aromatic heterocycles. The van der Waals surface area contributed by atoms with Gasteiger partial charge in [-0.1, -0.05) is 0 Å². The van der Waals surface area contributed by atoms with Gasteiger partial charge in [-0.2, -0.15) is 11.8 Å². The Bertz CT molecular complexity index is 127. The first-order valence-electron chi connectivity index (χ1n) is 4.72. The quantitative estimate of drug-likeness (QED) is 0.542. The van der Waals surface area contributed by atoms with E-state index in [0.717, 1.165) is 18.8 Å². The van der Waals surface area contributed by atoms with E-state index in [2.05, 4.69) is 0 Å². The summed E-state index contributed by atoms with van der Waals surface area (Å²) in [4.78, 5) is 0. The molecule has 0 saturated carbocycles. The number of ether oxygens (including phenoxy) is 2. The second-order valence-electron chi connectivity index (χ2n) is 3.06. The van der Waals surface area contributed by atoms with E-state index in [4.69, 9.17) is 20.3 Å². The zero-order chi connectivity index (χ0) is 10.8. The standard InChI is InChI=1S/C9H21NO3S/c1-12-4-3-5-14-9(6-11)8(10)7-13-2/h8-9,11H,3-7,10H2,1-2H3. The Morgan fingerprint density at radius 2 is 2.07 bits per heavy atom. The Balaban J connectivity index is 3.56. The van der Waals surface area contributed by atoms with Crippen molar-refractivity contribution in [2.45, 2.75) is 17.7 Å². The van der Waals surface area contributed by atoms with Crippen LogP contribution in [0.1, 0.15) is 6.42 Å². The average molecular weight is 223 g/mol. The summed E-state index contributed by atoms with van der Waals surface area (Å²) in [6, 6.07) is -0.0995. The zero-order valence-electron chi connectivity index (χ0n) is 8.94. The van der Waals surface area contributed by atoms with E-state index in [1.807, 2.05) is 0 Å². The van der Waals surface area contributed by atoms with Gasteiger partial charge in [-0.25, -0.2) is 0 Å². The van der Waals surface area contributed by atoms with Crippen LogP contribution in [0.25, 0.3) is 0 Å². The first-order chi connectivity index (χ1) is 6.76. The highest BCUT2D eigenvalue weighted by atomic mass is 32.2. The predicted molar refractivity (Wildman–Crippen MR) is 59.7 cm³/mol. The maximum absolute atomic E-state index is 9.09. The molecule has 0 aromatic rings. The molecule has 0 amide bonds. The van der Waals surface area contributed by atoms with Gasteiger partial charge in [-0.3, -0.25) is 0 Å². The Labute approximate surface area is 90.1 Å². The van der Waals surface area contributed by atoms with Crippen LogP contribution in [0.2, 0.25) is 0 Å². The third kappa shape index (κ3) is 6.62. The normalized spacial score (nSPS) is 15.4. The molecule has 2 atom stereocenters. The van der Waals surface area contributed by atoms with Crippen LogP contribution in [0.5, 0.6) is 0 Å². The van der Waals surface area contributed by atoms with Crippen molar-refractivity contribution in [1.29, 1.82) is 0 Å². The maximum Gasteiger partial charge on any atom is 0.0625 e. The minimum absolute atomic E-state index is 0.0619. The number of rotatable bonds is 9. The molecule has 0 heterocycles.